The van der Waals surface area contributed by atoms with Crippen molar-refractivity contribution in [2.45, 2.75) is 11.8 Å². The van der Waals surface area contributed by atoms with Crippen LogP contribution in [0.4, 0.5) is 0 Å². The third-order valence-corrected chi connectivity index (χ3v) is 5.23. The Morgan fingerprint density at radius 1 is 1.00 bits per heavy atom. The molecule has 134 valence electrons. The Morgan fingerprint density at radius 2 is 1.54 bits per heavy atom. The number of benzene rings is 2. The Bertz CT molecular complexity index is 963. The lowest BCUT2D eigenvalue weighted by Gasteiger charge is -2.13. The lowest BCUT2D eigenvalue weighted by molar-refractivity contribution is -0.0584. The van der Waals surface area contributed by atoms with Crippen molar-refractivity contribution in [3.63, 3.8) is 0 Å². The van der Waals surface area contributed by atoms with Crippen molar-refractivity contribution in [3.05, 3.63) is 65.2 Å². The molecule has 1 heterocycles. The summed E-state index contributed by atoms with van der Waals surface area (Å²) in [6.07, 6.45) is 0. The summed E-state index contributed by atoms with van der Waals surface area (Å²) in [5.74, 6) is -2.41. The van der Waals surface area contributed by atoms with Crippen LogP contribution in [0.3, 0.4) is 0 Å². The second-order valence-corrected chi connectivity index (χ2v) is 7.12. The number of carbonyl (C=O) groups excluding carboxylic acids is 3. The molecule has 2 aromatic carbocycles. The summed E-state index contributed by atoms with van der Waals surface area (Å²) < 4.78 is 26.1. The van der Waals surface area contributed by atoms with Gasteiger partial charge in [-0.05, 0) is 36.4 Å². The molecule has 0 fully saturated rings. The highest BCUT2D eigenvalue weighted by atomic mass is 32.2. The zero-order valence-corrected chi connectivity index (χ0v) is 14.4. The van der Waals surface area contributed by atoms with Crippen LogP contribution >= 0.6 is 0 Å². The summed E-state index contributed by atoms with van der Waals surface area (Å²) in [4.78, 5) is 41.4. The fourth-order valence-electron chi connectivity index (χ4n) is 2.43. The maximum absolute atomic E-state index is 12.2. The van der Waals surface area contributed by atoms with Crippen molar-refractivity contribution >= 4 is 27.8 Å². The predicted octanol–water partition coefficient (Wildman–Crippen LogP) is 1.35. The van der Waals surface area contributed by atoms with E-state index in [4.69, 9.17) is 4.84 Å². The van der Waals surface area contributed by atoms with Gasteiger partial charge in [0.1, 0.15) is 0 Å². The molecule has 1 aliphatic heterocycles. The van der Waals surface area contributed by atoms with Gasteiger partial charge in [-0.15, -0.1) is 0 Å². The molecule has 2 aromatic rings. The molecule has 0 aromatic heterocycles. The van der Waals surface area contributed by atoms with Gasteiger partial charge >= 0.3 is 5.97 Å². The van der Waals surface area contributed by atoms with Gasteiger partial charge in [-0.3, -0.25) is 9.59 Å². The van der Waals surface area contributed by atoms with Crippen LogP contribution in [-0.4, -0.2) is 37.8 Å². The number of rotatable bonds is 5. The van der Waals surface area contributed by atoms with E-state index in [0.717, 1.165) is 0 Å². The first kappa shape index (κ1) is 17.8. The minimum atomic E-state index is -3.65. The molecule has 8 nitrogen and oxygen atoms in total. The van der Waals surface area contributed by atoms with E-state index in [1.807, 2.05) is 0 Å². The van der Waals surface area contributed by atoms with Gasteiger partial charge in [0, 0.05) is 6.54 Å². The monoisotopic (exact) mass is 374 g/mol. The summed E-state index contributed by atoms with van der Waals surface area (Å²) in [5.41, 5.74) is 0.298. The molecule has 2 amide bonds. The Balaban J connectivity index is 1.77. The maximum atomic E-state index is 12.2. The van der Waals surface area contributed by atoms with Gasteiger partial charge in [0.15, 0.2) is 0 Å². The van der Waals surface area contributed by atoms with Crippen LogP contribution < -0.4 is 4.72 Å². The van der Waals surface area contributed by atoms with E-state index >= 15 is 0 Å². The van der Waals surface area contributed by atoms with Gasteiger partial charge in [-0.25, -0.2) is 17.9 Å². The molecule has 0 aliphatic carbocycles. The largest absolute Gasteiger partial charge is 0.363 e. The number of amides is 2. The molecule has 0 radical (unpaired) electrons. The van der Waals surface area contributed by atoms with Crippen LogP contribution in [0.1, 0.15) is 38.0 Å². The molecule has 0 bridgehead atoms. The highest BCUT2D eigenvalue weighted by Gasteiger charge is 2.38. The molecular formula is C17H14N2O6S. The van der Waals surface area contributed by atoms with Crippen LogP contribution in [0.2, 0.25) is 0 Å². The second kappa shape index (κ2) is 6.70. The van der Waals surface area contributed by atoms with Gasteiger partial charge < -0.3 is 4.84 Å². The van der Waals surface area contributed by atoms with E-state index in [1.165, 1.54) is 36.4 Å². The summed E-state index contributed by atoms with van der Waals surface area (Å²) in [6.45, 7) is 1.87. The van der Waals surface area contributed by atoms with E-state index in [9.17, 15) is 22.8 Å². The van der Waals surface area contributed by atoms with Gasteiger partial charge in [0.25, 0.3) is 11.8 Å². The second-order valence-electron chi connectivity index (χ2n) is 5.35. The van der Waals surface area contributed by atoms with E-state index in [-0.39, 0.29) is 28.1 Å². The van der Waals surface area contributed by atoms with Crippen molar-refractivity contribution in [3.8, 4) is 0 Å². The van der Waals surface area contributed by atoms with Crippen LogP contribution in [0.5, 0.6) is 0 Å². The SMILES string of the molecule is CCNS(=O)(=O)c1ccc(C(=O)ON2C(=O)c3ccccc3C2=O)cc1. The van der Waals surface area contributed by atoms with Gasteiger partial charge in [0.05, 0.1) is 21.6 Å². The molecule has 3 rings (SSSR count). The number of hydrogen-bond acceptors (Lipinski definition) is 6. The molecule has 9 heteroatoms. The van der Waals surface area contributed by atoms with Crippen molar-refractivity contribution in [1.29, 1.82) is 0 Å². The van der Waals surface area contributed by atoms with Crippen LogP contribution in [-0.2, 0) is 14.9 Å². The molecule has 26 heavy (non-hydrogen) atoms. The third kappa shape index (κ3) is 3.09. The van der Waals surface area contributed by atoms with Crippen molar-refractivity contribution < 1.29 is 27.6 Å². The zero-order chi connectivity index (χ0) is 18.9. The number of hydroxylamine groups is 2. The van der Waals surface area contributed by atoms with Gasteiger partial charge in [-0.2, -0.15) is 0 Å². The van der Waals surface area contributed by atoms with E-state index < -0.39 is 27.8 Å². The number of hydrogen-bond donors (Lipinski definition) is 1. The lowest BCUT2D eigenvalue weighted by atomic mass is 10.1. The predicted molar refractivity (Wildman–Crippen MR) is 89.7 cm³/mol. The van der Waals surface area contributed by atoms with Crippen molar-refractivity contribution in [2.75, 3.05) is 6.54 Å². The first-order chi connectivity index (χ1) is 12.3. The Labute approximate surface area is 149 Å². The molecule has 0 spiro atoms. The fraction of sp³-hybridized carbons (Fsp3) is 0.118. The number of sulfonamides is 1. The number of fused-ring (bicyclic) bond motifs is 1. The zero-order valence-electron chi connectivity index (χ0n) is 13.6. The highest BCUT2D eigenvalue weighted by Crippen LogP contribution is 2.23. The summed E-state index contributed by atoms with van der Waals surface area (Å²) >= 11 is 0. The van der Waals surface area contributed by atoms with E-state index in [0.29, 0.717) is 5.06 Å². The van der Waals surface area contributed by atoms with Gasteiger partial charge in [0.2, 0.25) is 10.0 Å². The normalized spacial score (nSPS) is 13.7. The number of nitrogens with one attached hydrogen (secondary N) is 1. The van der Waals surface area contributed by atoms with Crippen LogP contribution in [0, 0.1) is 0 Å². The lowest BCUT2D eigenvalue weighted by Crippen LogP contribution is -2.32. The van der Waals surface area contributed by atoms with Crippen LogP contribution in [0.15, 0.2) is 53.4 Å². The highest BCUT2D eigenvalue weighted by molar-refractivity contribution is 7.89. The van der Waals surface area contributed by atoms with Crippen LogP contribution in [0.25, 0.3) is 0 Å². The van der Waals surface area contributed by atoms with Crippen molar-refractivity contribution in [2.24, 2.45) is 0 Å². The minimum Gasteiger partial charge on any atom is -0.324 e. The summed E-state index contributed by atoms with van der Waals surface area (Å²) in [7, 11) is -3.65. The molecule has 0 saturated heterocycles. The Morgan fingerprint density at radius 3 is 2.04 bits per heavy atom. The Kier molecular flexibility index (Phi) is 4.58. The van der Waals surface area contributed by atoms with E-state index in [1.54, 1.807) is 19.1 Å². The van der Waals surface area contributed by atoms with Gasteiger partial charge in [-0.1, -0.05) is 24.1 Å². The summed E-state index contributed by atoms with van der Waals surface area (Å²) in [5, 5.41) is 0.399. The smallest absolute Gasteiger partial charge is 0.324 e. The molecule has 1 N–H and O–H groups in total. The molecule has 0 saturated carbocycles. The molecule has 0 atom stereocenters. The fourth-order valence-corrected chi connectivity index (χ4v) is 3.47. The van der Waals surface area contributed by atoms with E-state index in [2.05, 4.69) is 4.72 Å². The third-order valence-electron chi connectivity index (χ3n) is 3.67. The van der Waals surface area contributed by atoms with Crippen molar-refractivity contribution in [1.82, 2.24) is 9.79 Å². The average molecular weight is 374 g/mol. The average Bonchev–Trinajstić information content (AvgIpc) is 2.87. The molecule has 1 aliphatic rings. The topological polar surface area (TPSA) is 110 Å². The molecular weight excluding hydrogens is 360 g/mol. The number of imide groups is 1. The minimum absolute atomic E-state index is 0.00277. The maximum Gasteiger partial charge on any atom is 0.363 e. The first-order valence-corrected chi connectivity index (χ1v) is 9.13. The first-order valence-electron chi connectivity index (χ1n) is 7.65. The number of nitrogens with zero attached hydrogens (tertiary/aromatic N) is 1. The summed E-state index contributed by atoms with van der Waals surface area (Å²) in [6, 6.07) is 11.1. The quantitative estimate of drug-likeness (QED) is 0.791. The standard InChI is InChI=1S/C17H14N2O6S/c1-2-18-26(23,24)12-9-7-11(8-10-12)17(22)25-19-15(20)13-5-3-4-6-14(13)16(19)21/h3-10,18H,2H2,1H3. The Hall–Kier alpha value is -3.04. The number of carbonyl (C=O) groups is 3. The molecule has 0 unspecified atom stereocenters.